The van der Waals surface area contributed by atoms with Crippen molar-refractivity contribution >= 4 is 44.7 Å². The van der Waals surface area contributed by atoms with Crippen LogP contribution < -0.4 is 27.3 Å². The fraction of sp³-hybridized carbons (Fsp3) is 0.406. The summed E-state index contributed by atoms with van der Waals surface area (Å²) in [7, 11) is 0. The number of thiophene rings is 1. The predicted octanol–water partition coefficient (Wildman–Crippen LogP) is 3.80. The first kappa shape index (κ1) is 28.4. The van der Waals surface area contributed by atoms with Crippen molar-refractivity contribution < 1.29 is 19.1 Å². The molecule has 1 saturated carbocycles. The summed E-state index contributed by atoms with van der Waals surface area (Å²) >= 11 is 1.22. The molecule has 1 saturated heterocycles. The Kier molecular flexibility index (Phi) is 7.32. The molecular weight excluding hydrogens is 550 g/mol. The summed E-state index contributed by atoms with van der Waals surface area (Å²) in [6.07, 6.45) is 7.76. The van der Waals surface area contributed by atoms with Crippen LogP contribution in [0.2, 0.25) is 0 Å². The third kappa shape index (κ3) is 4.58. The Morgan fingerprint density at radius 2 is 1.88 bits per heavy atom. The van der Waals surface area contributed by atoms with Crippen LogP contribution in [0.1, 0.15) is 76.5 Å². The Morgan fingerprint density at radius 1 is 1.14 bits per heavy atom. The average Bonchev–Trinajstić information content (AvgIpc) is 3.62. The zero-order chi connectivity index (χ0) is 29.8. The van der Waals surface area contributed by atoms with Gasteiger partial charge in [0.2, 0.25) is 5.91 Å². The highest BCUT2D eigenvalue weighted by molar-refractivity contribution is 7.21. The number of hydrogen-bond donors (Lipinski definition) is 4. The van der Waals surface area contributed by atoms with Crippen molar-refractivity contribution in [2.24, 2.45) is 11.5 Å². The molecule has 0 bridgehead atoms. The second kappa shape index (κ2) is 10.8. The number of Topliss-reactive ketones (excluding diaryl/α,β-unsaturated/α-hetero) is 1. The smallest absolute Gasteiger partial charge is 0.262 e. The number of nitrogens with two attached hydrogens (primary N) is 3. The van der Waals surface area contributed by atoms with Crippen LogP contribution in [0.5, 0.6) is 5.75 Å². The van der Waals surface area contributed by atoms with E-state index in [4.69, 9.17) is 21.9 Å². The number of ketones is 1. The SMILES string of the molecule is C=CC(=O)N1CCC(NC(=O)c2sc3c(N)ccc4c3c2C(N)C(=O)C4(N)c2ccc(OC3CCCCC3)cc2C)C1. The highest BCUT2D eigenvalue weighted by atomic mass is 32.1. The fourth-order valence-corrected chi connectivity index (χ4v) is 8.02. The molecule has 2 heterocycles. The van der Waals surface area contributed by atoms with Crippen molar-refractivity contribution in [3.05, 3.63) is 70.1 Å². The number of rotatable bonds is 6. The predicted molar refractivity (Wildman–Crippen MR) is 164 cm³/mol. The highest BCUT2D eigenvalue weighted by Gasteiger charge is 2.49. The summed E-state index contributed by atoms with van der Waals surface area (Å²) < 4.78 is 6.94. The van der Waals surface area contributed by atoms with E-state index in [1.165, 1.54) is 36.7 Å². The second-order valence-corrected chi connectivity index (χ2v) is 12.7. The van der Waals surface area contributed by atoms with Gasteiger partial charge in [0, 0.05) is 35.8 Å². The van der Waals surface area contributed by atoms with E-state index in [1.807, 2.05) is 25.1 Å². The van der Waals surface area contributed by atoms with E-state index in [0.29, 0.717) is 56.9 Å². The molecule has 1 aliphatic heterocycles. The summed E-state index contributed by atoms with van der Waals surface area (Å²) in [5.41, 5.74) is 21.6. The largest absolute Gasteiger partial charge is 0.490 e. The number of amides is 2. The number of carbonyl (C=O) groups is 3. The Hall–Kier alpha value is -3.73. The number of anilines is 1. The highest BCUT2D eigenvalue weighted by Crippen LogP contribution is 2.50. The monoisotopic (exact) mass is 587 g/mol. The third-order valence-corrected chi connectivity index (χ3v) is 10.3. The van der Waals surface area contributed by atoms with Crippen molar-refractivity contribution in [2.45, 2.75) is 69.2 Å². The Morgan fingerprint density at radius 3 is 2.60 bits per heavy atom. The molecule has 2 aliphatic carbocycles. The van der Waals surface area contributed by atoms with Gasteiger partial charge in [0.25, 0.3) is 5.91 Å². The van der Waals surface area contributed by atoms with Gasteiger partial charge in [0.1, 0.15) is 11.3 Å². The molecule has 10 heteroatoms. The molecule has 3 aromatic rings. The number of nitrogens with one attached hydrogen (secondary N) is 1. The quantitative estimate of drug-likeness (QED) is 0.253. The first-order valence-corrected chi connectivity index (χ1v) is 15.4. The molecule has 3 aliphatic rings. The normalized spacial score (nSPS) is 24.2. The zero-order valence-corrected chi connectivity index (χ0v) is 24.6. The maximum atomic E-state index is 14.2. The Labute approximate surface area is 249 Å². The van der Waals surface area contributed by atoms with E-state index >= 15 is 0 Å². The van der Waals surface area contributed by atoms with Crippen molar-refractivity contribution in [3.8, 4) is 5.75 Å². The van der Waals surface area contributed by atoms with Gasteiger partial charge in [0.05, 0.1) is 21.7 Å². The molecule has 2 fully saturated rings. The molecule has 7 N–H and O–H groups in total. The molecule has 42 heavy (non-hydrogen) atoms. The number of benzene rings is 2. The van der Waals surface area contributed by atoms with Gasteiger partial charge in [-0.05, 0) is 80.0 Å². The van der Waals surface area contributed by atoms with Gasteiger partial charge in [-0.25, -0.2) is 0 Å². The second-order valence-electron chi connectivity index (χ2n) is 11.7. The van der Waals surface area contributed by atoms with Crippen LogP contribution in [-0.4, -0.2) is 47.7 Å². The summed E-state index contributed by atoms with van der Waals surface area (Å²) in [5.74, 6) is -0.141. The molecule has 6 rings (SSSR count). The molecule has 3 unspecified atom stereocenters. The molecule has 0 spiro atoms. The van der Waals surface area contributed by atoms with E-state index in [2.05, 4.69) is 11.9 Å². The lowest BCUT2D eigenvalue weighted by Crippen LogP contribution is -2.53. The summed E-state index contributed by atoms with van der Waals surface area (Å²) in [5, 5.41) is 3.69. The molecule has 2 amide bonds. The van der Waals surface area contributed by atoms with Gasteiger partial charge in [0.15, 0.2) is 5.78 Å². The molecule has 3 atom stereocenters. The van der Waals surface area contributed by atoms with Crippen LogP contribution in [0.25, 0.3) is 10.1 Å². The lowest BCUT2D eigenvalue weighted by molar-refractivity contribution is -0.125. The third-order valence-electron chi connectivity index (χ3n) is 9.01. The molecule has 220 valence electrons. The number of hydrogen-bond acceptors (Lipinski definition) is 8. The molecular formula is C32H37N5O4S. The number of ether oxygens (including phenoxy) is 1. The summed E-state index contributed by atoms with van der Waals surface area (Å²) in [4.78, 5) is 41.8. The van der Waals surface area contributed by atoms with Crippen LogP contribution in [0.3, 0.4) is 0 Å². The van der Waals surface area contributed by atoms with Crippen LogP contribution in [0, 0.1) is 6.92 Å². The molecule has 1 aromatic heterocycles. The van der Waals surface area contributed by atoms with Crippen LogP contribution in [-0.2, 0) is 15.1 Å². The minimum absolute atomic E-state index is 0.170. The Bertz CT molecular complexity index is 1610. The van der Waals surface area contributed by atoms with Crippen LogP contribution >= 0.6 is 11.3 Å². The van der Waals surface area contributed by atoms with Crippen molar-refractivity contribution in [2.75, 3.05) is 18.8 Å². The lowest BCUT2D eigenvalue weighted by Gasteiger charge is -2.37. The van der Waals surface area contributed by atoms with E-state index in [-0.39, 0.29) is 29.7 Å². The van der Waals surface area contributed by atoms with Gasteiger partial charge in [-0.1, -0.05) is 25.1 Å². The minimum atomic E-state index is -1.53. The fourth-order valence-electron chi connectivity index (χ4n) is 6.81. The topological polar surface area (TPSA) is 154 Å². The Balaban J connectivity index is 1.37. The average molecular weight is 588 g/mol. The number of aryl methyl sites for hydroxylation is 1. The molecule has 9 nitrogen and oxygen atoms in total. The van der Waals surface area contributed by atoms with Crippen LogP contribution in [0.15, 0.2) is 43.0 Å². The van der Waals surface area contributed by atoms with Crippen molar-refractivity contribution in [1.82, 2.24) is 10.2 Å². The first-order chi connectivity index (χ1) is 20.1. The number of likely N-dealkylation sites (tertiary alicyclic amines) is 1. The van der Waals surface area contributed by atoms with Gasteiger partial charge in [-0.15, -0.1) is 11.3 Å². The van der Waals surface area contributed by atoms with E-state index < -0.39 is 11.6 Å². The van der Waals surface area contributed by atoms with E-state index in [0.717, 1.165) is 24.2 Å². The number of carbonyl (C=O) groups excluding carboxylic acids is 3. The maximum absolute atomic E-state index is 14.2. The van der Waals surface area contributed by atoms with E-state index in [1.54, 1.807) is 17.0 Å². The van der Waals surface area contributed by atoms with Gasteiger partial charge in [-0.2, -0.15) is 0 Å². The minimum Gasteiger partial charge on any atom is -0.490 e. The number of nitrogens with zero attached hydrogens (tertiary/aromatic N) is 1. The van der Waals surface area contributed by atoms with Gasteiger partial charge < -0.3 is 32.2 Å². The standard InChI is InChI=1S/C32H37N5O4S/c1-3-24(38)37-14-13-18(16-37)36-31(40)29-26-25-22(11-12-23(33)28(25)42-29)32(35,30(39)27(26)34)21-10-9-20(15-17(21)2)41-19-7-5-4-6-8-19/h3,9-12,15,18-19,27H,1,4-8,13-14,16,33-35H2,2H3,(H,36,40). The molecule has 0 radical (unpaired) electrons. The lowest BCUT2D eigenvalue weighted by atomic mass is 9.69. The summed E-state index contributed by atoms with van der Waals surface area (Å²) in [6, 6.07) is 7.84. The zero-order valence-electron chi connectivity index (χ0n) is 23.8. The van der Waals surface area contributed by atoms with Crippen LogP contribution in [0.4, 0.5) is 5.69 Å². The van der Waals surface area contributed by atoms with Gasteiger partial charge in [-0.3, -0.25) is 14.4 Å². The maximum Gasteiger partial charge on any atom is 0.262 e. The first-order valence-electron chi connectivity index (χ1n) is 14.6. The van der Waals surface area contributed by atoms with Crippen molar-refractivity contribution in [1.29, 1.82) is 0 Å². The van der Waals surface area contributed by atoms with Gasteiger partial charge >= 0.3 is 0 Å². The van der Waals surface area contributed by atoms with Crippen molar-refractivity contribution in [3.63, 3.8) is 0 Å². The number of nitrogen functional groups attached to an aromatic ring is 1. The summed E-state index contributed by atoms with van der Waals surface area (Å²) in [6.45, 7) is 6.39. The molecule has 2 aromatic carbocycles. The van der Waals surface area contributed by atoms with E-state index in [9.17, 15) is 14.4 Å².